The van der Waals surface area contributed by atoms with Gasteiger partial charge < -0.3 is 0 Å². The van der Waals surface area contributed by atoms with Crippen LogP contribution in [0.15, 0.2) is 59.5 Å². The average Bonchev–Trinajstić information content (AvgIpc) is 2.48. The van der Waals surface area contributed by atoms with Gasteiger partial charge in [0.1, 0.15) is 0 Å². The molecule has 0 saturated carbocycles. The van der Waals surface area contributed by atoms with Crippen molar-refractivity contribution in [3.05, 3.63) is 60.2 Å². The van der Waals surface area contributed by atoms with E-state index in [1.54, 1.807) is 42.5 Å². The summed E-state index contributed by atoms with van der Waals surface area (Å²) in [4.78, 5) is 0.240. The lowest BCUT2D eigenvalue weighted by Gasteiger charge is -2.23. The monoisotopic (exact) mass is 300 g/mol. The fourth-order valence-electron chi connectivity index (χ4n) is 2.04. The number of sulfonamides is 1. The highest BCUT2D eigenvalue weighted by atomic mass is 32.2. The molecule has 0 N–H and O–H groups in total. The van der Waals surface area contributed by atoms with Gasteiger partial charge in [-0.15, -0.1) is 0 Å². The van der Waals surface area contributed by atoms with Gasteiger partial charge in [-0.25, -0.2) is 8.42 Å². The maximum atomic E-state index is 12.8. The smallest absolute Gasteiger partial charge is 0.264 e. The molecule has 0 atom stereocenters. The van der Waals surface area contributed by atoms with Gasteiger partial charge >= 0.3 is 0 Å². The largest absolute Gasteiger partial charge is 0.265 e. The number of benzene rings is 2. The van der Waals surface area contributed by atoms with Crippen molar-refractivity contribution in [2.24, 2.45) is 0 Å². The Morgan fingerprint density at radius 2 is 1.81 bits per heavy atom. The summed E-state index contributed by atoms with van der Waals surface area (Å²) < 4.78 is 26.9. The minimum Gasteiger partial charge on any atom is -0.265 e. The third-order valence-electron chi connectivity index (χ3n) is 3.05. The second kappa shape index (κ2) is 6.42. The number of nitriles is 1. The van der Waals surface area contributed by atoms with Gasteiger partial charge in [0, 0.05) is 6.54 Å². The topological polar surface area (TPSA) is 61.2 Å². The predicted octanol–water partition coefficient (Wildman–Crippen LogP) is 3.10. The first-order valence-electron chi connectivity index (χ1n) is 6.57. The van der Waals surface area contributed by atoms with Crippen LogP contribution in [0.2, 0.25) is 0 Å². The maximum Gasteiger partial charge on any atom is 0.264 e. The Kier molecular flexibility index (Phi) is 4.61. The van der Waals surface area contributed by atoms with Gasteiger partial charge in [-0.3, -0.25) is 4.31 Å². The Morgan fingerprint density at radius 1 is 1.10 bits per heavy atom. The van der Waals surface area contributed by atoms with E-state index in [9.17, 15) is 8.42 Å². The maximum absolute atomic E-state index is 12.8. The standard InChI is InChI=1S/C16H16N2O2S/c1-14-7-5-10-16(13-14)21(19,20)18(12-6-11-17)15-8-3-2-4-9-15/h2-5,7-10,13H,6,12H2,1H3. The number of hydrogen-bond acceptors (Lipinski definition) is 3. The first-order valence-corrected chi connectivity index (χ1v) is 8.01. The van der Waals surface area contributed by atoms with Gasteiger partial charge in [0.2, 0.25) is 0 Å². The van der Waals surface area contributed by atoms with E-state index < -0.39 is 10.0 Å². The van der Waals surface area contributed by atoms with Crippen molar-refractivity contribution >= 4 is 15.7 Å². The lowest BCUT2D eigenvalue weighted by Crippen LogP contribution is -2.31. The zero-order valence-electron chi connectivity index (χ0n) is 11.7. The van der Waals surface area contributed by atoms with E-state index in [2.05, 4.69) is 0 Å². The van der Waals surface area contributed by atoms with Crippen molar-refractivity contribution in [1.82, 2.24) is 0 Å². The third-order valence-corrected chi connectivity index (χ3v) is 4.87. The zero-order chi connectivity index (χ0) is 15.3. The summed E-state index contributed by atoms with van der Waals surface area (Å²) in [6.45, 7) is 1.98. The molecule has 0 fully saturated rings. The minimum absolute atomic E-state index is 0.136. The van der Waals surface area contributed by atoms with Gasteiger partial charge in [-0.2, -0.15) is 5.26 Å². The molecule has 2 rings (SSSR count). The summed E-state index contributed by atoms with van der Waals surface area (Å²) in [5.74, 6) is 0. The summed E-state index contributed by atoms with van der Waals surface area (Å²) in [6, 6.07) is 17.6. The molecular weight excluding hydrogens is 284 g/mol. The summed E-state index contributed by atoms with van der Waals surface area (Å²) in [7, 11) is -3.67. The van der Waals surface area contributed by atoms with Crippen molar-refractivity contribution < 1.29 is 8.42 Å². The normalized spacial score (nSPS) is 10.9. The van der Waals surface area contributed by atoms with Crippen LogP contribution in [0.3, 0.4) is 0 Å². The quantitative estimate of drug-likeness (QED) is 0.852. The van der Waals surface area contributed by atoms with Gasteiger partial charge in [0.05, 0.1) is 23.1 Å². The van der Waals surface area contributed by atoms with E-state index in [4.69, 9.17) is 5.26 Å². The predicted molar refractivity (Wildman–Crippen MR) is 82.4 cm³/mol. The van der Waals surface area contributed by atoms with E-state index >= 15 is 0 Å². The molecule has 5 heteroatoms. The van der Waals surface area contributed by atoms with E-state index in [0.717, 1.165) is 5.56 Å². The molecule has 0 aromatic heterocycles. The molecule has 2 aromatic carbocycles. The molecule has 21 heavy (non-hydrogen) atoms. The van der Waals surface area contributed by atoms with Crippen molar-refractivity contribution in [2.75, 3.05) is 10.8 Å². The van der Waals surface area contributed by atoms with E-state index in [0.29, 0.717) is 5.69 Å². The van der Waals surface area contributed by atoms with Crippen molar-refractivity contribution in [2.45, 2.75) is 18.2 Å². The van der Waals surface area contributed by atoms with Crippen molar-refractivity contribution in [3.8, 4) is 6.07 Å². The van der Waals surface area contributed by atoms with Crippen LogP contribution in [-0.4, -0.2) is 15.0 Å². The number of rotatable bonds is 5. The van der Waals surface area contributed by atoms with Gasteiger partial charge in [-0.05, 0) is 36.8 Å². The summed E-state index contributed by atoms with van der Waals surface area (Å²) >= 11 is 0. The van der Waals surface area contributed by atoms with Crippen LogP contribution < -0.4 is 4.31 Å². The van der Waals surface area contributed by atoms with Crippen LogP contribution in [0.1, 0.15) is 12.0 Å². The van der Waals surface area contributed by atoms with Crippen LogP contribution >= 0.6 is 0 Å². The number of para-hydroxylation sites is 1. The molecule has 0 aliphatic rings. The van der Waals surface area contributed by atoms with Crippen molar-refractivity contribution in [1.29, 1.82) is 5.26 Å². The molecule has 2 aromatic rings. The lowest BCUT2D eigenvalue weighted by atomic mass is 10.2. The van der Waals surface area contributed by atoms with Crippen LogP contribution in [0.4, 0.5) is 5.69 Å². The molecule has 0 aliphatic heterocycles. The first kappa shape index (κ1) is 15.1. The lowest BCUT2D eigenvalue weighted by molar-refractivity contribution is 0.591. The number of nitrogens with zero attached hydrogens (tertiary/aromatic N) is 2. The van der Waals surface area contributed by atoms with Gasteiger partial charge in [-0.1, -0.05) is 30.3 Å². The highest BCUT2D eigenvalue weighted by molar-refractivity contribution is 7.92. The third kappa shape index (κ3) is 3.41. The second-order valence-corrected chi connectivity index (χ2v) is 6.50. The highest BCUT2D eigenvalue weighted by Gasteiger charge is 2.24. The summed E-state index contributed by atoms with van der Waals surface area (Å²) in [6.07, 6.45) is 0.139. The summed E-state index contributed by atoms with van der Waals surface area (Å²) in [5.41, 5.74) is 1.44. The zero-order valence-corrected chi connectivity index (χ0v) is 12.5. The molecular formula is C16H16N2O2S. The Hall–Kier alpha value is -2.32. The van der Waals surface area contributed by atoms with Crippen LogP contribution in [0.5, 0.6) is 0 Å². The molecule has 0 spiro atoms. The number of aryl methyl sites for hydroxylation is 1. The molecule has 0 saturated heterocycles. The number of hydrogen-bond donors (Lipinski definition) is 0. The summed E-state index contributed by atoms with van der Waals surface area (Å²) in [5, 5.41) is 8.77. The molecule has 0 amide bonds. The van der Waals surface area contributed by atoms with Gasteiger partial charge in [0.25, 0.3) is 10.0 Å². The molecule has 0 bridgehead atoms. The Balaban J connectivity index is 2.48. The molecule has 0 unspecified atom stereocenters. The fourth-order valence-corrected chi connectivity index (χ4v) is 3.61. The SMILES string of the molecule is Cc1cccc(S(=O)(=O)N(CCC#N)c2ccccc2)c1. The fraction of sp³-hybridized carbons (Fsp3) is 0.188. The first-order chi connectivity index (χ1) is 10.1. The Labute approximate surface area is 125 Å². The van der Waals surface area contributed by atoms with E-state index in [1.165, 1.54) is 4.31 Å². The molecule has 0 radical (unpaired) electrons. The van der Waals surface area contributed by atoms with Crippen LogP contribution in [-0.2, 0) is 10.0 Å². The molecule has 4 nitrogen and oxygen atoms in total. The minimum atomic E-state index is -3.67. The number of anilines is 1. The van der Waals surface area contributed by atoms with Crippen LogP contribution in [0, 0.1) is 18.3 Å². The molecule has 108 valence electrons. The Morgan fingerprint density at radius 3 is 2.43 bits per heavy atom. The van der Waals surface area contributed by atoms with Crippen LogP contribution in [0.25, 0.3) is 0 Å². The van der Waals surface area contributed by atoms with E-state index in [1.807, 2.05) is 25.1 Å². The molecule has 0 heterocycles. The highest BCUT2D eigenvalue weighted by Crippen LogP contribution is 2.24. The van der Waals surface area contributed by atoms with Crippen molar-refractivity contribution in [3.63, 3.8) is 0 Å². The average molecular weight is 300 g/mol. The second-order valence-electron chi connectivity index (χ2n) is 4.64. The van der Waals surface area contributed by atoms with E-state index in [-0.39, 0.29) is 17.9 Å². The molecule has 0 aliphatic carbocycles. The van der Waals surface area contributed by atoms with Gasteiger partial charge in [0.15, 0.2) is 0 Å². The Bertz CT molecular complexity index is 749.